The Bertz CT molecular complexity index is 747. The zero-order chi connectivity index (χ0) is 20.0. The van der Waals surface area contributed by atoms with Gasteiger partial charge in [0.1, 0.15) is 5.82 Å². The maximum atomic E-state index is 13.0. The van der Waals surface area contributed by atoms with E-state index in [1.807, 2.05) is 19.2 Å². The van der Waals surface area contributed by atoms with Crippen LogP contribution in [-0.2, 0) is 12.0 Å². The SMILES string of the molecule is CN=C(NCC(C)(C)c1cccs1)NC1CCN(Cc2ccc(F)cc2)CC1. The molecule has 0 bridgehead atoms. The normalized spacial score (nSPS) is 16.9. The zero-order valence-corrected chi connectivity index (χ0v) is 17.9. The van der Waals surface area contributed by atoms with Gasteiger partial charge in [0.25, 0.3) is 0 Å². The molecule has 0 radical (unpaired) electrons. The molecule has 28 heavy (non-hydrogen) atoms. The lowest BCUT2D eigenvalue weighted by Gasteiger charge is -2.33. The van der Waals surface area contributed by atoms with Crippen LogP contribution in [0.2, 0.25) is 0 Å². The molecule has 4 nitrogen and oxygen atoms in total. The highest BCUT2D eigenvalue weighted by molar-refractivity contribution is 7.10. The Morgan fingerprint density at radius 3 is 2.54 bits per heavy atom. The van der Waals surface area contributed by atoms with Gasteiger partial charge in [0.2, 0.25) is 0 Å². The maximum absolute atomic E-state index is 13.0. The molecule has 152 valence electrons. The van der Waals surface area contributed by atoms with Gasteiger partial charge in [0.05, 0.1) is 0 Å². The van der Waals surface area contributed by atoms with Crippen molar-refractivity contribution in [3.8, 4) is 0 Å². The van der Waals surface area contributed by atoms with Crippen LogP contribution >= 0.6 is 11.3 Å². The third kappa shape index (κ3) is 5.79. The lowest BCUT2D eigenvalue weighted by atomic mass is 9.91. The number of nitrogens with zero attached hydrogens (tertiary/aromatic N) is 2. The molecule has 2 heterocycles. The van der Waals surface area contributed by atoms with Crippen molar-refractivity contribution < 1.29 is 4.39 Å². The second kappa shape index (κ2) is 9.52. The molecule has 0 amide bonds. The van der Waals surface area contributed by atoms with Crippen LogP contribution in [0, 0.1) is 5.82 Å². The van der Waals surface area contributed by atoms with Crippen LogP contribution in [-0.4, -0.2) is 43.6 Å². The van der Waals surface area contributed by atoms with Crippen molar-refractivity contribution >= 4 is 17.3 Å². The van der Waals surface area contributed by atoms with Gasteiger partial charge in [-0.25, -0.2) is 4.39 Å². The molecule has 0 atom stereocenters. The Balaban J connectivity index is 1.43. The van der Waals surface area contributed by atoms with E-state index in [2.05, 4.69) is 51.9 Å². The summed E-state index contributed by atoms with van der Waals surface area (Å²) in [5.74, 6) is 0.703. The molecule has 6 heteroatoms. The van der Waals surface area contributed by atoms with E-state index in [0.717, 1.165) is 45.0 Å². The van der Waals surface area contributed by atoms with E-state index in [1.54, 1.807) is 11.3 Å². The van der Waals surface area contributed by atoms with Crippen molar-refractivity contribution in [1.82, 2.24) is 15.5 Å². The fourth-order valence-electron chi connectivity index (χ4n) is 3.53. The molecular weight excluding hydrogens is 371 g/mol. The third-order valence-electron chi connectivity index (χ3n) is 5.36. The van der Waals surface area contributed by atoms with Gasteiger partial charge in [-0.15, -0.1) is 11.3 Å². The Kier molecular flexibility index (Phi) is 7.08. The molecule has 2 N–H and O–H groups in total. The molecule has 0 saturated carbocycles. The number of hydrogen-bond acceptors (Lipinski definition) is 3. The molecule has 1 aromatic carbocycles. The summed E-state index contributed by atoms with van der Waals surface area (Å²) in [6.07, 6.45) is 2.16. The number of guanidine groups is 1. The first kappa shape index (κ1) is 20.8. The summed E-state index contributed by atoms with van der Waals surface area (Å²) < 4.78 is 13.0. The number of rotatable bonds is 6. The van der Waals surface area contributed by atoms with Crippen molar-refractivity contribution in [3.63, 3.8) is 0 Å². The summed E-state index contributed by atoms with van der Waals surface area (Å²) in [6, 6.07) is 11.6. The summed E-state index contributed by atoms with van der Waals surface area (Å²) >= 11 is 1.80. The van der Waals surface area contributed by atoms with Crippen LogP contribution in [0.25, 0.3) is 0 Å². The highest BCUT2D eigenvalue weighted by atomic mass is 32.1. The molecule has 3 rings (SSSR count). The minimum Gasteiger partial charge on any atom is -0.356 e. The summed E-state index contributed by atoms with van der Waals surface area (Å²) in [5, 5.41) is 9.21. The lowest BCUT2D eigenvalue weighted by Crippen LogP contribution is -2.50. The van der Waals surface area contributed by atoms with E-state index in [-0.39, 0.29) is 11.2 Å². The van der Waals surface area contributed by atoms with Gasteiger partial charge in [-0.1, -0.05) is 32.0 Å². The number of thiophene rings is 1. The topological polar surface area (TPSA) is 39.7 Å². The minimum absolute atomic E-state index is 0.0737. The lowest BCUT2D eigenvalue weighted by molar-refractivity contribution is 0.198. The van der Waals surface area contributed by atoms with E-state index < -0.39 is 0 Å². The van der Waals surface area contributed by atoms with Gasteiger partial charge >= 0.3 is 0 Å². The summed E-state index contributed by atoms with van der Waals surface area (Å²) in [5.41, 5.74) is 1.24. The Morgan fingerprint density at radius 2 is 1.93 bits per heavy atom. The van der Waals surface area contributed by atoms with Gasteiger partial charge in [-0.3, -0.25) is 9.89 Å². The van der Waals surface area contributed by atoms with Crippen molar-refractivity contribution in [1.29, 1.82) is 0 Å². The van der Waals surface area contributed by atoms with E-state index in [1.165, 1.54) is 22.6 Å². The van der Waals surface area contributed by atoms with Gasteiger partial charge in [0.15, 0.2) is 5.96 Å². The van der Waals surface area contributed by atoms with Crippen LogP contribution in [0.3, 0.4) is 0 Å². The smallest absolute Gasteiger partial charge is 0.191 e. The van der Waals surface area contributed by atoms with Crippen molar-refractivity contribution in [2.45, 2.75) is 44.7 Å². The maximum Gasteiger partial charge on any atom is 0.191 e. The zero-order valence-electron chi connectivity index (χ0n) is 17.0. The van der Waals surface area contributed by atoms with Crippen molar-refractivity contribution in [2.75, 3.05) is 26.7 Å². The average Bonchev–Trinajstić information content (AvgIpc) is 3.24. The molecule has 1 aliphatic rings. The van der Waals surface area contributed by atoms with Gasteiger partial charge in [0, 0.05) is 49.6 Å². The van der Waals surface area contributed by atoms with Crippen molar-refractivity contribution in [2.24, 2.45) is 4.99 Å². The predicted molar refractivity (Wildman–Crippen MR) is 117 cm³/mol. The highest BCUT2D eigenvalue weighted by Gasteiger charge is 2.24. The number of benzene rings is 1. The Morgan fingerprint density at radius 1 is 1.21 bits per heavy atom. The van der Waals surface area contributed by atoms with Crippen LogP contribution in [0.15, 0.2) is 46.8 Å². The number of nitrogens with one attached hydrogen (secondary N) is 2. The van der Waals surface area contributed by atoms with Crippen LogP contribution < -0.4 is 10.6 Å². The number of halogens is 1. The monoisotopic (exact) mass is 402 g/mol. The summed E-state index contributed by atoms with van der Waals surface area (Å²) in [6.45, 7) is 8.31. The second-order valence-corrected chi connectivity index (χ2v) is 9.06. The number of likely N-dealkylation sites (tertiary alicyclic amines) is 1. The average molecular weight is 403 g/mol. The van der Waals surface area contributed by atoms with Crippen LogP contribution in [0.1, 0.15) is 37.1 Å². The molecule has 1 fully saturated rings. The van der Waals surface area contributed by atoms with E-state index >= 15 is 0 Å². The fraction of sp³-hybridized carbons (Fsp3) is 0.500. The molecule has 1 saturated heterocycles. The van der Waals surface area contributed by atoms with Crippen LogP contribution in [0.4, 0.5) is 4.39 Å². The minimum atomic E-state index is -0.173. The summed E-state index contributed by atoms with van der Waals surface area (Å²) in [4.78, 5) is 8.22. The van der Waals surface area contributed by atoms with Crippen LogP contribution in [0.5, 0.6) is 0 Å². The van der Waals surface area contributed by atoms with Gasteiger partial charge in [-0.05, 0) is 42.0 Å². The second-order valence-electron chi connectivity index (χ2n) is 8.11. The Hall–Kier alpha value is -1.92. The highest BCUT2D eigenvalue weighted by Crippen LogP contribution is 2.26. The van der Waals surface area contributed by atoms with Crippen molar-refractivity contribution in [3.05, 3.63) is 58.0 Å². The van der Waals surface area contributed by atoms with E-state index in [4.69, 9.17) is 0 Å². The number of hydrogen-bond donors (Lipinski definition) is 2. The Labute approximate surface area is 171 Å². The largest absolute Gasteiger partial charge is 0.356 e. The molecule has 1 aliphatic heterocycles. The van der Waals surface area contributed by atoms with E-state index in [9.17, 15) is 4.39 Å². The molecule has 1 aromatic heterocycles. The fourth-order valence-corrected chi connectivity index (χ4v) is 4.38. The predicted octanol–water partition coefficient (Wildman–Crippen LogP) is 3.99. The number of piperidine rings is 1. The molecule has 0 spiro atoms. The van der Waals surface area contributed by atoms with Gasteiger partial charge in [-0.2, -0.15) is 0 Å². The molecule has 0 unspecified atom stereocenters. The third-order valence-corrected chi connectivity index (χ3v) is 6.59. The number of aliphatic imine (C=N–C) groups is 1. The molecule has 0 aliphatic carbocycles. The standard InChI is InChI=1S/C22H31FN4S/c1-22(2,20-5-4-14-28-20)16-25-21(24-3)26-19-10-12-27(13-11-19)15-17-6-8-18(23)9-7-17/h4-9,14,19H,10-13,15-16H2,1-3H3,(H2,24,25,26). The van der Waals surface area contributed by atoms with E-state index in [0.29, 0.717) is 6.04 Å². The summed E-state index contributed by atoms with van der Waals surface area (Å²) in [7, 11) is 1.83. The first-order valence-electron chi connectivity index (χ1n) is 9.94. The first-order valence-corrected chi connectivity index (χ1v) is 10.8. The quantitative estimate of drug-likeness (QED) is 0.567. The molecule has 2 aromatic rings. The first-order chi connectivity index (χ1) is 13.5. The molecular formula is C22H31FN4S. The van der Waals surface area contributed by atoms with Gasteiger partial charge < -0.3 is 10.6 Å².